The van der Waals surface area contributed by atoms with E-state index in [0.717, 1.165) is 5.56 Å². The number of benzene rings is 1. The second-order valence-corrected chi connectivity index (χ2v) is 9.82. The minimum absolute atomic E-state index is 0.104. The van der Waals surface area contributed by atoms with Crippen LogP contribution in [0, 0.1) is 0 Å². The number of nitrogens with zero attached hydrogens (tertiary/aromatic N) is 1. The highest BCUT2D eigenvalue weighted by Gasteiger charge is 2.18. The molecule has 0 bridgehead atoms. The van der Waals surface area contributed by atoms with Crippen LogP contribution >= 0.6 is 0 Å². The Hall–Kier alpha value is -2.01. The number of aromatic nitrogens is 1. The molecular formula is C18H26N4O4S2. The van der Waals surface area contributed by atoms with Gasteiger partial charge in [-0.1, -0.05) is 26.0 Å². The van der Waals surface area contributed by atoms with Crippen LogP contribution in [0.15, 0.2) is 52.4 Å². The van der Waals surface area contributed by atoms with Crippen molar-refractivity contribution in [2.45, 2.75) is 49.1 Å². The molecule has 0 unspecified atom stereocenters. The monoisotopic (exact) mass is 426 g/mol. The van der Waals surface area contributed by atoms with Crippen molar-refractivity contribution < 1.29 is 16.8 Å². The third-order valence-corrected chi connectivity index (χ3v) is 7.22. The van der Waals surface area contributed by atoms with E-state index in [1.165, 1.54) is 25.4 Å². The molecule has 0 saturated carbocycles. The maximum atomic E-state index is 12.4. The van der Waals surface area contributed by atoms with Gasteiger partial charge in [-0.3, -0.25) is 0 Å². The third kappa shape index (κ3) is 5.74. The number of anilines is 1. The zero-order chi connectivity index (χ0) is 20.8. The fourth-order valence-corrected chi connectivity index (χ4v) is 4.67. The molecule has 0 spiro atoms. The molecule has 0 atom stereocenters. The van der Waals surface area contributed by atoms with Gasteiger partial charge in [0.2, 0.25) is 20.0 Å². The summed E-state index contributed by atoms with van der Waals surface area (Å²) in [6.07, 6.45) is 2.73. The topological polar surface area (TPSA) is 117 Å². The number of sulfonamides is 2. The normalized spacial score (nSPS) is 12.3. The first-order valence-corrected chi connectivity index (χ1v) is 11.9. The molecule has 10 heteroatoms. The molecule has 0 aliphatic rings. The summed E-state index contributed by atoms with van der Waals surface area (Å²) in [5, 5.41) is 3.06. The van der Waals surface area contributed by atoms with Crippen LogP contribution < -0.4 is 14.8 Å². The average Bonchev–Trinajstić information content (AvgIpc) is 2.71. The molecule has 0 amide bonds. The molecule has 28 heavy (non-hydrogen) atoms. The predicted molar refractivity (Wildman–Crippen MR) is 109 cm³/mol. The average molecular weight is 427 g/mol. The summed E-state index contributed by atoms with van der Waals surface area (Å²) in [6, 6.07) is 9.49. The molecule has 1 heterocycles. The van der Waals surface area contributed by atoms with E-state index < -0.39 is 20.0 Å². The molecule has 1 aromatic carbocycles. The minimum Gasteiger partial charge on any atom is -0.366 e. The lowest BCUT2D eigenvalue weighted by Crippen LogP contribution is -2.33. The Morgan fingerprint density at radius 2 is 1.68 bits per heavy atom. The summed E-state index contributed by atoms with van der Waals surface area (Å²) in [7, 11) is -5.75. The number of pyridine rings is 1. The van der Waals surface area contributed by atoms with Crippen molar-refractivity contribution in [1.82, 2.24) is 14.4 Å². The first-order valence-electron chi connectivity index (χ1n) is 8.96. The molecule has 154 valence electrons. The van der Waals surface area contributed by atoms with Crippen LogP contribution in [-0.4, -0.2) is 34.9 Å². The third-order valence-electron chi connectivity index (χ3n) is 4.31. The zero-order valence-corrected chi connectivity index (χ0v) is 17.8. The van der Waals surface area contributed by atoms with E-state index in [0.29, 0.717) is 25.2 Å². The highest BCUT2D eigenvalue weighted by molar-refractivity contribution is 7.89. The zero-order valence-electron chi connectivity index (χ0n) is 16.1. The molecule has 0 radical (unpaired) electrons. The molecule has 2 rings (SSSR count). The van der Waals surface area contributed by atoms with Gasteiger partial charge < -0.3 is 5.32 Å². The molecule has 3 N–H and O–H groups in total. The highest BCUT2D eigenvalue weighted by atomic mass is 32.2. The van der Waals surface area contributed by atoms with Gasteiger partial charge in [-0.15, -0.1) is 0 Å². The minimum atomic E-state index is -3.61. The molecule has 8 nitrogen and oxygen atoms in total. The van der Waals surface area contributed by atoms with Crippen molar-refractivity contribution in [2.24, 2.45) is 0 Å². The summed E-state index contributed by atoms with van der Waals surface area (Å²) in [5.41, 5.74) is 0.755. The summed E-state index contributed by atoms with van der Waals surface area (Å²) in [4.78, 5) is 4.43. The van der Waals surface area contributed by atoms with E-state index in [9.17, 15) is 16.8 Å². The van der Waals surface area contributed by atoms with E-state index in [4.69, 9.17) is 0 Å². The Labute approximate surface area is 166 Å². The van der Waals surface area contributed by atoms with E-state index >= 15 is 0 Å². The van der Waals surface area contributed by atoms with Crippen LogP contribution in [0.5, 0.6) is 0 Å². The fourth-order valence-electron chi connectivity index (χ4n) is 2.52. The molecule has 0 fully saturated rings. The Balaban J connectivity index is 2.07. The lowest BCUT2D eigenvalue weighted by atomic mass is 10.2. The molecule has 0 saturated heterocycles. The maximum Gasteiger partial charge on any atom is 0.242 e. The maximum absolute atomic E-state index is 12.4. The van der Waals surface area contributed by atoms with Gasteiger partial charge in [-0.05, 0) is 49.7 Å². The first kappa shape index (κ1) is 22.3. The van der Waals surface area contributed by atoms with Crippen LogP contribution in [0.3, 0.4) is 0 Å². The Morgan fingerprint density at radius 1 is 0.964 bits per heavy atom. The summed E-state index contributed by atoms with van der Waals surface area (Å²) >= 11 is 0. The van der Waals surface area contributed by atoms with Crippen LogP contribution in [0.2, 0.25) is 0 Å². The quantitative estimate of drug-likeness (QED) is 0.535. The molecule has 0 aliphatic carbocycles. The Kier molecular flexibility index (Phi) is 7.53. The van der Waals surface area contributed by atoms with Gasteiger partial charge in [0.05, 0.1) is 4.90 Å². The fraction of sp³-hybridized carbons (Fsp3) is 0.389. The summed E-state index contributed by atoms with van der Waals surface area (Å²) in [6.45, 7) is 4.20. The second-order valence-electron chi connectivity index (χ2n) is 6.22. The van der Waals surface area contributed by atoms with E-state index in [-0.39, 0.29) is 15.8 Å². The van der Waals surface area contributed by atoms with Gasteiger partial charge in [0.25, 0.3) is 0 Å². The van der Waals surface area contributed by atoms with Crippen molar-refractivity contribution in [3.63, 3.8) is 0 Å². The molecule has 0 aliphatic heterocycles. The van der Waals surface area contributed by atoms with Gasteiger partial charge in [-0.2, -0.15) is 0 Å². The van der Waals surface area contributed by atoms with Crippen LogP contribution in [-0.2, 0) is 26.6 Å². The van der Waals surface area contributed by atoms with Crippen molar-refractivity contribution in [3.05, 3.63) is 48.2 Å². The highest BCUT2D eigenvalue weighted by Crippen LogP contribution is 2.15. The molecule has 1 aromatic heterocycles. The van der Waals surface area contributed by atoms with Crippen molar-refractivity contribution in [2.75, 3.05) is 12.4 Å². The van der Waals surface area contributed by atoms with Crippen LogP contribution in [0.4, 0.5) is 5.82 Å². The Bertz CT molecular complexity index is 987. The number of hydrogen-bond acceptors (Lipinski definition) is 6. The molecule has 2 aromatic rings. The van der Waals surface area contributed by atoms with Gasteiger partial charge >= 0.3 is 0 Å². The van der Waals surface area contributed by atoms with Crippen LogP contribution in [0.1, 0.15) is 32.3 Å². The van der Waals surface area contributed by atoms with Crippen molar-refractivity contribution in [1.29, 1.82) is 0 Å². The summed E-state index contributed by atoms with van der Waals surface area (Å²) < 4.78 is 53.4. The van der Waals surface area contributed by atoms with Gasteiger partial charge in [-0.25, -0.2) is 31.3 Å². The van der Waals surface area contributed by atoms with Gasteiger partial charge in [0.1, 0.15) is 10.7 Å². The lowest BCUT2D eigenvalue weighted by molar-refractivity contribution is 0.530. The van der Waals surface area contributed by atoms with Crippen LogP contribution in [0.25, 0.3) is 0 Å². The van der Waals surface area contributed by atoms with Crippen molar-refractivity contribution in [3.8, 4) is 0 Å². The van der Waals surface area contributed by atoms with Crippen molar-refractivity contribution >= 4 is 25.9 Å². The van der Waals surface area contributed by atoms with E-state index in [1.54, 1.807) is 24.3 Å². The lowest BCUT2D eigenvalue weighted by Gasteiger charge is -2.15. The number of nitrogens with one attached hydrogen (secondary N) is 3. The van der Waals surface area contributed by atoms with Gasteiger partial charge in [0.15, 0.2) is 0 Å². The standard InChI is InChI=1S/C18H26N4O4S2/c1-4-15(5-2)22-28(25,26)17-9-10-18(21-13-17)20-12-14-7-6-8-16(11-14)27(23,24)19-3/h6-11,13,15,19,22H,4-5,12H2,1-3H3,(H,20,21). The number of hydrogen-bond donors (Lipinski definition) is 3. The van der Waals surface area contributed by atoms with Gasteiger partial charge in [0, 0.05) is 18.8 Å². The first-order chi connectivity index (χ1) is 13.2. The summed E-state index contributed by atoms with van der Waals surface area (Å²) in [5.74, 6) is 0.489. The Morgan fingerprint density at radius 3 is 2.25 bits per heavy atom. The second kappa shape index (κ2) is 9.46. The largest absolute Gasteiger partial charge is 0.366 e. The number of rotatable bonds is 10. The molecular weight excluding hydrogens is 400 g/mol. The van der Waals surface area contributed by atoms with E-state index in [1.807, 2.05) is 13.8 Å². The smallest absolute Gasteiger partial charge is 0.242 e. The van der Waals surface area contributed by atoms with E-state index in [2.05, 4.69) is 19.7 Å². The predicted octanol–water partition coefficient (Wildman–Crippen LogP) is 2.07. The SMILES string of the molecule is CCC(CC)NS(=O)(=O)c1ccc(NCc2cccc(S(=O)(=O)NC)c2)nc1.